The molecule has 1 aromatic heterocycles. The molecule has 31 heavy (non-hydrogen) atoms. The molecule has 0 fully saturated rings. The average molecular weight is 556 g/mol. The van der Waals surface area contributed by atoms with Crippen molar-refractivity contribution in [3.8, 4) is 0 Å². The summed E-state index contributed by atoms with van der Waals surface area (Å²) >= 11 is 0. The maximum Gasteiger partial charge on any atom is 0.238 e. The van der Waals surface area contributed by atoms with Gasteiger partial charge in [-0.2, -0.15) is 0 Å². The van der Waals surface area contributed by atoms with Crippen LogP contribution in [0.25, 0.3) is 11.0 Å². The van der Waals surface area contributed by atoms with Gasteiger partial charge < -0.3 is 15.2 Å². The lowest BCUT2D eigenvalue weighted by molar-refractivity contribution is 0.597. The molecule has 4 N–H and O–H groups in total. The number of sulfonamides is 1. The van der Waals surface area contributed by atoms with Gasteiger partial charge in [0.15, 0.2) is 5.96 Å². The minimum Gasteiger partial charge on any atom is -0.357 e. The second-order valence-corrected chi connectivity index (χ2v) is 8.53. The lowest BCUT2D eigenvalue weighted by Gasteiger charge is -2.12. The molecule has 0 radical (unpaired) electrons. The van der Waals surface area contributed by atoms with E-state index in [0.29, 0.717) is 12.5 Å². The number of hydrogen-bond donors (Lipinski definition) is 3. The molecule has 2 aromatic carbocycles. The van der Waals surface area contributed by atoms with Crippen LogP contribution < -0.4 is 15.8 Å². The number of nitrogens with two attached hydrogens (primary N) is 1. The van der Waals surface area contributed by atoms with E-state index in [-0.39, 0.29) is 28.9 Å². The van der Waals surface area contributed by atoms with E-state index < -0.39 is 10.0 Å². The van der Waals surface area contributed by atoms with Crippen LogP contribution in [0, 0.1) is 6.92 Å². The fourth-order valence-corrected chi connectivity index (χ4v) is 3.84. The van der Waals surface area contributed by atoms with Gasteiger partial charge >= 0.3 is 0 Å². The number of halogens is 1. The first-order valence-electron chi connectivity index (χ1n) is 9.94. The van der Waals surface area contributed by atoms with Gasteiger partial charge in [0, 0.05) is 19.6 Å². The molecule has 0 amide bonds. The van der Waals surface area contributed by atoms with Crippen molar-refractivity contribution in [3.63, 3.8) is 0 Å². The van der Waals surface area contributed by atoms with Crippen LogP contribution in [0.4, 0.5) is 0 Å². The third-order valence-corrected chi connectivity index (χ3v) is 5.60. The lowest BCUT2D eigenvalue weighted by Crippen LogP contribution is -2.38. The molecule has 3 rings (SSSR count). The number of nitrogens with zero attached hydrogens (tertiary/aromatic N) is 3. The predicted octanol–water partition coefficient (Wildman–Crippen LogP) is 2.76. The summed E-state index contributed by atoms with van der Waals surface area (Å²) in [7, 11) is -3.72. The van der Waals surface area contributed by atoms with Crippen LogP contribution in [0.5, 0.6) is 0 Å². The normalized spacial score (nSPS) is 11.9. The van der Waals surface area contributed by atoms with Crippen molar-refractivity contribution in [2.75, 3.05) is 13.1 Å². The summed E-state index contributed by atoms with van der Waals surface area (Å²) in [5.41, 5.74) is 2.93. The van der Waals surface area contributed by atoms with Crippen LogP contribution >= 0.6 is 24.0 Å². The standard InChI is InChI=1S/C21H28N6O2S.HI/c1-3-23-21(25-15-17-8-6-9-18(14-17)30(22,28)29)24-12-7-13-27-16(2)26-19-10-4-5-11-20(19)27;/h4-6,8-11,14H,3,7,12-13,15H2,1-2H3,(H2,22,28,29)(H2,23,24,25);1H. The number of benzene rings is 2. The molecule has 0 bridgehead atoms. The zero-order valence-electron chi connectivity index (χ0n) is 17.7. The van der Waals surface area contributed by atoms with Crippen LogP contribution in [-0.4, -0.2) is 37.0 Å². The summed E-state index contributed by atoms with van der Waals surface area (Å²) in [5, 5.41) is 11.7. The molecule has 0 aliphatic rings. The Bertz CT molecular complexity index is 1140. The Hall–Kier alpha value is -2.18. The summed E-state index contributed by atoms with van der Waals surface area (Å²) in [6.07, 6.45) is 0.909. The predicted molar refractivity (Wildman–Crippen MR) is 135 cm³/mol. The third kappa shape index (κ3) is 6.91. The summed E-state index contributed by atoms with van der Waals surface area (Å²) < 4.78 is 25.3. The van der Waals surface area contributed by atoms with Crippen LogP contribution in [0.2, 0.25) is 0 Å². The molecule has 168 valence electrons. The zero-order chi connectivity index (χ0) is 21.6. The summed E-state index contributed by atoms with van der Waals surface area (Å²) in [4.78, 5) is 9.24. The first kappa shape index (κ1) is 25.1. The molecule has 0 saturated heterocycles. The number of rotatable bonds is 8. The van der Waals surface area contributed by atoms with Crippen molar-refractivity contribution in [3.05, 3.63) is 59.9 Å². The Morgan fingerprint density at radius 3 is 2.68 bits per heavy atom. The molecule has 0 unspecified atom stereocenters. The summed E-state index contributed by atoms with van der Waals surface area (Å²) in [6, 6.07) is 14.7. The molecule has 0 spiro atoms. The van der Waals surface area contributed by atoms with Gasteiger partial charge in [0.05, 0.1) is 22.5 Å². The van der Waals surface area contributed by atoms with Crippen molar-refractivity contribution in [2.24, 2.45) is 10.1 Å². The van der Waals surface area contributed by atoms with E-state index in [2.05, 4.69) is 31.2 Å². The first-order chi connectivity index (χ1) is 14.4. The Morgan fingerprint density at radius 1 is 1.16 bits per heavy atom. The van der Waals surface area contributed by atoms with Crippen LogP contribution in [0.3, 0.4) is 0 Å². The number of primary sulfonamides is 1. The first-order valence-corrected chi connectivity index (χ1v) is 11.5. The minimum absolute atomic E-state index is 0. The van der Waals surface area contributed by atoms with Gasteiger partial charge in [0.25, 0.3) is 0 Å². The molecule has 0 saturated carbocycles. The molecule has 8 nitrogen and oxygen atoms in total. The Labute approximate surface area is 200 Å². The topological polar surface area (TPSA) is 114 Å². The number of aliphatic imine (C=N–C) groups is 1. The van der Waals surface area contributed by atoms with Crippen LogP contribution in [0.15, 0.2) is 58.4 Å². The number of nitrogens with one attached hydrogen (secondary N) is 2. The van der Waals surface area contributed by atoms with Crippen molar-refractivity contribution >= 4 is 51.0 Å². The van der Waals surface area contributed by atoms with Crippen molar-refractivity contribution in [1.82, 2.24) is 20.2 Å². The lowest BCUT2D eigenvalue weighted by atomic mass is 10.2. The molecule has 0 atom stereocenters. The maximum absolute atomic E-state index is 11.5. The second kappa shape index (κ2) is 11.4. The highest BCUT2D eigenvalue weighted by molar-refractivity contribution is 14.0. The van der Waals surface area contributed by atoms with Crippen molar-refractivity contribution in [1.29, 1.82) is 0 Å². The molecular formula is C21H29IN6O2S. The highest BCUT2D eigenvalue weighted by Gasteiger charge is 2.08. The molecule has 0 aliphatic carbocycles. The quantitative estimate of drug-likeness (QED) is 0.171. The van der Waals surface area contributed by atoms with E-state index >= 15 is 0 Å². The van der Waals surface area contributed by atoms with E-state index in [0.717, 1.165) is 48.5 Å². The summed E-state index contributed by atoms with van der Waals surface area (Å²) in [6.45, 7) is 6.71. The molecular weight excluding hydrogens is 527 g/mol. The number of hydrogen-bond acceptors (Lipinski definition) is 4. The van der Waals surface area contributed by atoms with Gasteiger partial charge in [-0.1, -0.05) is 24.3 Å². The SMILES string of the molecule is CCNC(=NCc1cccc(S(N)(=O)=O)c1)NCCCn1c(C)nc2ccccc21.I. The monoisotopic (exact) mass is 556 g/mol. The second-order valence-electron chi connectivity index (χ2n) is 6.97. The highest BCUT2D eigenvalue weighted by atomic mass is 127. The van der Waals surface area contributed by atoms with E-state index in [1.165, 1.54) is 6.07 Å². The van der Waals surface area contributed by atoms with E-state index in [1.54, 1.807) is 12.1 Å². The average Bonchev–Trinajstić information content (AvgIpc) is 3.04. The van der Waals surface area contributed by atoms with Gasteiger partial charge in [-0.15, -0.1) is 24.0 Å². The fraction of sp³-hybridized carbons (Fsp3) is 0.333. The number of fused-ring (bicyclic) bond motifs is 1. The van der Waals surface area contributed by atoms with Crippen LogP contribution in [-0.2, 0) is 23.1 Å². The van der Waals surface area contributed by atoms with Crippen LogP contribution in [0.1, 0.15) is 24.7 Å². The van der Waals surface area contributed by atoms with Gasteiger partial charge in [-0.3, -0.25) is 0 Å². The Morgan fingerprint density at radius 2 is 1.94 bits per heavy atom. The molecule has 3 aromatic rings. The maximum atomic E-state index is 11.5. The third-order valence-electron chi connectivity index (χ3n) is 4.69. The number of aryl methyl sites for hydroxylation is 2. The van der Waals surface area contributed by atoms with E-state index in [1.807, 2.05) is 38.1 Å². The fourth-order valence-electron chi connectivity index (χ4n) is 3.26. The molecule has 1 heterocycles. The molecule has 0 aliphatic heterocycles. The number of aromatic nitrogens is 2. The minimum atomic E-state index is -3.72. The van der Waals surface area contributed by atoms with Crippen molar-refractivity contribution in [2.45, 2.75) is 38.3 Å². The van der Waals surface area contributed by atoms with Gasteiger partial charge in [-0.25, -0.2) is 23.5 Å². The smallest absolute Gasteiger partial charge is 0.238 e. The Balaban J connectivity index is 0.00000341. The van der Waals surface area contributed by atoms with Gasteiger partial charge in [0.1, 0.15) is 5.82 Å². The van der Waals surface area contributed by atoms with E-state index in [9.17, 15) is 8.42 Å². The zero-order valence-corrected chi connectivity index (χ0v) is 20.9. The summed E-state index contributed by atoms with van der Waals surface area (Å²) in [5.74, 6) is 1.69. The Kier molecular flexibility index (Phi) is 9.26. The number of para-hydroxylation sites is 2. The van der Waals surface area contributed by atoms with Gasteiger partial charge in [0.2, 0.25) is 10.0 Å². The van der Waals surface area contributed by atoms with E-state index in [4.69, 9.17) is 5.14 Å². The number of imidazole rings is 1. The largest absolute Gasteiger partial charge is 0.357 e. The van der Waals surface area contributed by atoms with Gasteiger partial charge in [-0.05, 0) is 50.1 Å². The highest BCUT2D eigenvalue weighted by Crippen LogP contribution is 2.15. The van der Waals surface area contributed by atoms with Crippen molar-refractivity contribution < 1.29 is 8.42 Å². The molecule has 10 heteroatoms. The number of guanidine groups is 1.